The molecule has 18 heavy (non-hydrogen) atoms. The van der Waals surface area contributed by atoms with E-state index in [-0.39, 0.29) is 5.92 Å². The maximum absolute atomic E-state index is 12.2. The minimum atomic E-state index is 0.0972. The molecule has 0 aromatic carbocycles. The second kappa shape index (κ2) is 7.74. The third-order valence-electron chi connectivity index (χ3n) is 4.04. The Bertz CT molecular complexity index is 245. The topological polar surface area (TPSA) is 35.6 Å². The van der Waals surface area contributed by atoms with Crippen molar-refractivity contribution in [3.8, 4) is 0 Å². The number of carbonyl (C=O) groups is 1. The van der Waals surface area contributed by atoms with Crippen LogP contribution in [0.25, 0.3) is 0 Å². The van der Waals surface area contributed by atoms with E-state index in [0.29, 0.717) is 11.9 Å². The van der Waals surface area contributed by atoms with Gasteiger partial charge in [0.05, 0.1) is 0 Å². The lowest BCUT2D eigenvalue weighted by Crippen LogP contribution is -2.48. The molecule has 4 heteroatoms. The molecule has 1 rings (SSSR count). The first kappa shape index (κ1) is 15.4. The molecule has 1 aliphatic rings. The predicted molar refractivity (Wildman–Crippen MR) is 75.6 cm³/mol. The summed E-state index contributed by atoms with van der Waals surface area (Å²) >= 11 is 0. The summed E-state index contributed by atoms with van der Waals surface area (Å²) in [6, 6.07) is 0.670. The van der Waals surface area contributed by atoms with Crippen molar-refractivity contribution in [3.63, 3.8) is 0 Å². The highest BCUT2D eigenvalue weighted by molar-refractivity contribution is 5.78. The summed E-state index contributed by atoms with van der Waals surface area (Å²) in [5.74, 6) is 0.405. The molecule has 0 aromatic heterocycles. The lowest BCUT2D eigenvalue weighted by atomic mass is 10.0. The van der Waals surface area contributed by atoms with Gasteiger partial charge in [0.2, 0.25) is 5.91 Å². The highest BCUT2D eigenvalue weighted by atomic mass is 16.2. The Kier molecular flexibility index (Phi) is 6.65. The number of piperidine rings is 1. The van der Waals surface area contributed by atoms with E-state index in [1.807, 2.05) is 18.9 Å². The predicted octanol–water partition coefficient (Wildman–Crippen LogP) is 1.17. The molecule has 0 aliphatic carbocycles. The maximum Gasteiger partial charge on any atom is 0.226 e. The second-order valence-electron chi connectivity index (χ2n) is 5.24. The SMILES string of the molecule is CCN(CC)C1CCN(C(=O)C(C)CNC)CC1. The lowest BCUT2D eigenvalue weighted by Gasteiger charge is -2.38. The van der Waals surface area contributed by atoms with Crippen LogP contribution in [-0.4, -0.2) is 61.5 Å². The number of hydrogen-bond acceptors (Lipinski definition) is 3. The molecule has 0 radical (unpaired) electrons. The van der Waals surface area contributed by atoms with Gasteiger partial charge in [0.1, 0.15) is 0 Å². The number of amides is 1. The van der Waals surface area contributed by atoms with Gasteiger partial charge in [-0.1, -0.05) is 20.8 Å². The number of likely N-dealkylation sites (tertiary alicyclic amines) is 1. The molecule has 0 saturated carbocycles. The fraction of sp³-hybridized carbons (Fsp3) is 0.929. The van der Waals surface area contributed by atoms with Gasteiger partial charge in [-0.25, -0.2) is 0 Å². The monoisotopic (exact) mass is 255 g/mol. The summed E-state index contributed by atoms with van der Waals surface area (Å²) in [6.07, 6.45) is 2.25. The van der Waals surface area contributed by atoms with Crippen molar-refractivity contribution in [1.29, 1.82) is 0 Å². The van der Waals surface area contributed by atoms with Crippen LogP contribution in [0.1, 0.15) is 33.6 Å². The molecule has 1 unspecified atom stereocenters. The van der Waals surface area contributed by atoms with Crippen LogP contribution in [-0.2, 0) is 4.79 Å². The van der Waals surface area contributed by atoms with Crippen LogP contribution in [0.2, 0.25) is 0 Å². The largest absolute Gasteiger partial charge is 0.342 e. The summed E-state index contributed by atoms with van der Waals surface area (Å²) in [7, 11) is 1.90. The van der Waals surface area contributed by atoms with E-state index in [0.717, 1.165) is 45.6 Å². The van der Waals surface area contributed by atoms with E-state index in [2.05, 4.69) is 24.1 Å². The van der Waals surface area contributed by atoms with E-state index in [1.165, 1.54) is 0 Å². The van der Waals surface area contributed by atoms with Crippen molar-refractivity contribution in [2.24, 2.45) is 5.92 Å². The third kappa shape index (κ3) is 3.95. The summed E-state index contributed by atoms with van der Waals surface area (Å²) in [4.78, 5) is 16.7. The quantitative estimate of drug-likeness (QED) is 0.774. The van der Waals surface area contributed by atoms with Crippen LogP contribution in [0.15, 0.2) is 0 Å². The molecule has 106 valence electrons. The first-order valence-corrected chi connectivity index (χ1v) is 7.31. The van der Waals surface area contributed by atoms with E-state index in [9.17, 15) is 4.79 Å². The zero-order chi connectivity index (χ0) is 13.5. The molecule has 1 saturated heterocycles. The third-order valence-corrected chi connectivity index (χ3v) is 4.04. The molecular weight excluding hydrogens is 226 g/mol. The second-order valence-corrected chi connectivity index (χ2v) is 5.24. The average molecular weight is 255 g/mol. The van der Waals surface area contributed by atoms with E-state index in [4.69, 9.17) is 0 Å². The van der Waals surface area contributed by atoms with Crippen molar-refractivity contribution in [2.75, 3.05) is 39.8 Å². The van der Waals surface area contributed by atoms with E-state index in [1.54, 1.807) is 0 Å². The van der Waals surface area contributed by atoms with Crippen molar-refractivity contribution < 1.29 is 4.79 Å². The molecule has 4 nitrogen and oxygen atoms in total. The Balaban J connectivity index is 2.41. The summed E-state index contributed by atoms with van der Waals surface area (Å²) < 4.78 is 0. The van der Waals surface area contributed by atoms with Crippen LogP contribution < -0.4 is 5.32 Å². The first-order valence-electron chi connectivity index (χ1n) is 7.31. The molecule has 1 N–H and O–H groups in total. The molecule has 1 amide bonds. The zero-order valence-electron chi connectivity index (χ0n) is 12.4. The number of nitrogens with zero attached hydrogens (tertiary/aromatic N) is 2. The van der Waals surface area contributed by atoms with Crippen LogP contribution in [0.4, 0.5) is 0 Å². The molecule has 0 bridgehead atoms. The lowest BCUT2D eigenvalue weighted by molar-refractivity contribution is -0.136. The van der Waals surface area contributed by atoms with Gasteiger partial charge in [0, 0.05) is 31.6 Å². The number of nitrogens with one attached hydrogen (secondary N) is 1. The van der Waals surface area contributed by atoms with Gasteiger partial charge < -0.3 is 15.1 Å². The Hall–Kier alpha value is -0.610. The van der Waals surface area contributed by atoms with E-state index < -0.39 is 0 Å². The Morgan fingerprint density at radius 3 is 2.33 bits per heavy atom. The Labute approximate surface area is 112 Å². The molecule has 0 aromatic rings. The van der Waals surface area contributed by atoms with Gasteiger partial charge in [-0.3, -0.25) is 4.79 Å². The minimum Gasteiger partial charge on any atom is -0.342 e. The maximum atomic E-state index is 12.2. The fourth-order valence-electron chi connectivity index (χ4n) is 2.90. The standard InChI is InChI=1S/C14H29N3O/c1-5-16(6-2)13-7-9-17(10-8-13)14(18)12(3)11-15-4/h12-13,15H,5-11H2,1-4H3. The zero-order valence-corrected chi connectivity index (χ0v) is 12.4. The number of hydrogen-bond donors (Lipinski definition) is 1. The molecular formula is C14H29N3O. The van der Waals surface area contributed by atoms with Crippen molar-refractivity contribution in [1.82, 2.24) is 15.1 Å². The molecule has 1 fully saturated rings. The summed E-state index contributed by atoms with van der Waals surface area (Å²) in [5.41, 5.74) is 0. The van der Waals surface area contributed by atoms with Gasteiger partial charge in [0.15, 0.2) is 0 Å². The van der Waals surface area contributed by atoms with Gasteiger partial charge in [-0.05, 0) is 33.0 Å². The molecule has 0 spiro atoms. The molecule has 1 atom stereocenters. The Morgan fingerprint density at radius 1 is 1.33 bits per heavy atom. The molecule has 1 aliphatic heterocycles. The van der Waals surface area contributed by atoms with Crippen molar-refractivity contribution in [2.45, 2.75) is 39.7 Å². The average Bonchev–Trinajstić information content (AvgIpc) is 2.40. The summed E-state index contributed by atoms with van der Waals surface area (Å²) in [6.45, 7) is 11.3. The van der Waals surface area contributed by atoms with Crippen LogP contribution >= 0.6 is 0 Å². The fourth-order valence-corrected chi connectivity index (χ4v) is 2.90. The van der Waals surface area contributed by atoms with Gasteiger partial charge in [-0.15, -0.1) is 0 Å². The van der Waals surface area contributed by atoms with Crippen LogP contribution in [0.5, 0.6) is 0 Å². The normalized spacial score (nSPS) is 19.3. The van der Waals surface area contributed by atoms with Crippen molar-refractivity contribution in [3.05, 3.63) is 0 Å². The Morgan fingerprint density at radius 2 is 1.89 bits per heavy atom. The van der Waals surface area contributed by atoms with Crippen LogP contribution in [0, 0.1) is 5.92 Å². The van der Waals surface area contributed by atoms with Crippen molar-refractivity contribution >= 4 is 5.91 Å². The number of carbonyl (C=O) groups excluding carboxylic acids is 1. The van der Waals surface area contributed by atoms with Gasteiger partial charge >= 0.3 is 0 Å². The highest BCUT2D eigenvalue weighted by Crippen LogP contribution is 2.17. The summed E-state index contributed by atoms with van der Waals surface area (Å²) in [5, 5.41) is 3.08. The van der Waals surface area contributed by atoms with Gasteiger partial charge in [0.25, 0.3) is 0 Å². The number of rotatable bonds is 6. The first-order chi connectivity index (χ1) is 8.63. The smallest absolute Gasteiger partial charge is 0.226 e. The highest BCUT2D eigenvalue weighted by Gasteiger charge is 2.27. The van der Waals surface area contributed by atoms with Crippen LogP contribution in [0.3, 0.4) is 0 Å². The van der Waals surface area contributed by atoms with Gasteiger partial charge in [-0.2, -0.15) is 0 Å². The molecule has 1 heterocycles. The van der Waals surface area contributed by atoms with E-state index >= 15 is 0 Å². The minimum absolute atomic E-state index is 0.0972.